The lowest BCUT2D eigenvalue weighted by Crippen LogP contribution is -2.29. The summed E-state index contributed by atoms with van der Waals surface area (Å²) in [6, 6.07) is 1.79. The molecule has 0 spiro atoms. The zero-order chi connectivity index (χ0) is 13.1. The van der Waals surface area contributed by atoms with E-state index in [4.69, 9.17) is 4.84 Å². The molecule has 1 aliphatic rings. The molecule has 1 aromatic heterocycles. The Morgan fingerprint density at radius 3 is 2.78 bits per heavy atom. The van der Waals surface area contributed by atoms with Gasteiger partial charge >= 0.3 is 0 Å². The van der Waals surface area contributed by atoms with E-state index in [0.717, 1.165) is 36.2 Å². The Morgan fingerprint density at radius 1 is 1.50 bits per heavy atom. The normalized spacial score (nSPS) is 14.9. The lowest BCUT2D eigenvalue weighted by atomic mass is 10.2. The maximum atomic E-state index is 12.2. The van der Waals surface area contributed by atoms with E-state index in [2.05, 4.69) is 25.8 Å². The molecule has 2 rings (SSSR count). The zero-order valence-electron chi connectivity index (χ0n) is 10.5. The molecule has 0 atom stereocenters. The number of aromatic nitrogens is 1. The van der Waals surface area contributed by atoms with Crippen molar-refractivity contribution >= 4 is 27.7 Å². The second-order valence-electron chi connectivity index (χ2n) is 4.20. The third-order valence-corrected chi connectivity index (χ3v) is 3.46. The van der Waals surface area contributed by atoms with Crippen LogP contribution in [-0.2, 0) is 4.84 Å². The van der Waals surface area contributed by atoms with Gasteiger partial charge in [0.15, 0.2) is 0 Å². The topological polar surface area (TPSA) is 45.7 Å². The Kier molecular flexibility index (Phi) is 4.19. The Labute approximate surface area is 115 Å². The number of carbonyl (C=O) groups is 1. The predicted octanol–water partition coefficient (Wildman–Crippen LogP) is 2.08. The van der Waals surface area contributed by atoms with Crippen molar-refractivity contribution in [2.24, 2.45) is 0 Å². The first-order valence-corrected chi connectivity index (χ1v) is 6.65. The van der Waals surface area contributed by atoms with Crippen molar-refractivity contribution in [3.63, 3.8) is 0 Å². The molecule has 1 amide bonds. The minimum absolute atomic E-state index is 0.187. The van der Waals surface area contributed by atoms with Gasteiger partial charge in [-0.05, 0) is 34.8 Å². The molecule has 18 heavy (non-hydrogen) atoms. The van der Waals surface area contributed by atoms with Gasteiger partial charge in [-0.3, -0.25) is 9.63 Å². The number of amides is 1. The van der Waals surface area contributed by atoms with Crippen LogP contribution in [0.25, 0.3) is 0 Å². The second-order valence-corrected chi connectivity index (χ2v) is 5.12. The van der Waals surface area contributed by atoms with Gasteiger partial charge in [-0.2, -0.15) is 0 Å². The number of hydroxylamine groups is 2. The third kappa shape index (κ3) is 2.64. The van der Waals surface area contributed by atoms with Gasteiger partial charge in [0.05, 0.1) is 12.7 Å². The van der Waals surface area contributed by atoms with E-state index in [1.54, 1.807) is 19.3 Å². The minimum atomic E-state index is -0.187. The smallest absolute Gasteiger partial charge is 0.280 e. The lowest BCUT2D eigenvalue weighted by Gasteiger charge is -2.21. The second kappa shape index (κ2) is 5.67. The van der Waals surface area contributed by atoms with E-state index in [1.165, 1.54) is 12.2 Å². The Morgan fingerprint density at radius 2 is 2.17 bits per heavy atom. The van der Waals surface area contributed by atoms with Gasteiger partial charge < -0.3 is 4.90 Å². The number of anilines is 1. The standard InChI is InChI=1S/C12H16BrN3O2/c1-15(18-2)12(17)10-7-9(13)8-14-11(10)16-5-3-4-6-16/h7-8H,3-6H2,1-2H3. The molecule has 0 aromatic carbocycles. The van der Waals surface area contributed by atoms with Crippen molar-refractivity contribution < 1.29 is 9.63 Å². The minimum Gasteiger partial charge on any atom is -0.356 e. The number of halogens is 1. The van der Waals surface area contributed by atoms with Gasteiger partial charge in [0.25, 0.3) is 5.91 Å². The summed E-state index contributed by atoms with van der Waals surface area (Å²) in [7, 11) is 3.07. The van der Waals surface area contributed by atoms with Crippen molar-refractivity contribution in [1.29, 1.82) is 0 Å². The molecular weight excluding hydrogens is 298 g/mol. The first-order chi connectivity index (χ1) is 8.63. The monoisotopic (exact) mass is 313 g/mol. The molecule has 6 heteroatoms. The van der Waals surface area contributed by atoms with Crippen LogP contribution in [0.15, 0.2) is 16.7 Å². The summed E-state index contributed by atoms with van der Waals surface area (Å²) in [5, 5.41) is 1.21. The summed E-state index contributed by atoms with van der Waals surface area (Å²) < 4.78 is 0.790. The molecule has 1 aromatic rings. The van der Waals surface area contributed by atoms with E-state index >= 15 is 0 Å². The van der Waals surface area contributed by atoms with E-state index in [9.17, 15) is 4.79 Å². The molecule has 0 aliphatic carbocycles. The van der Waals surface area contributed by atoms with Crippen molar-refractivity contribution in [2.75, 3.05) is 32.1 Å². The Hall–Kier alpha value is -1.14. The molecule has 2 heterocycles. The Bertz CT molecular complexity index is 447. The predicted molar refractivity (Wildman–Crippen MR) is 72.5 cm³/mol. The zero-order valence-corrected chi connectivity index (χ0v) is 12.1. The summed E-state index contributed by atoms with van der Waals surface area (Å²) in [6.45, 7) is 1.90. The van der Waals surface area contributed by atoms with Crippen molar-refractivity contribution in [2.45, 2.75) is 12.8 Å². The average molecular weight is 314 g/mol. The molecule has 5 nitrogen and oxygen atoms in total. The number of nitrogens with zero attached hydrogens (tertiary/aromatic N) is 3. The highest BCUT2D eigenvalue weighted by Crippen LogP contribution is 2.25. The average Bonchev–Trinajstić information content (AvgIpc) is 2.90. The van der Waals surface area contributed by atoms with Crippen molar-refractivity contribution in [3.05, 3.63) is 22.3 Å². The molecule has 1 fully saturated rings. The molecule has 1 aliphatic heterocycles. The largest absolute Gasteiger partial charge is 0.356 e. The van der Waals surface area contributed by atoms with E-state index in [0.29, 0.717) is 5.56 Å². The van der Waals surface area contributed by atoms with E-state index in [-0.39, 0.29) is 5.91 Å². The fourth-order valence-electron chi connectivity index (χ4n) is 2.02. The fraction of sp³-hybridized carbons (Fsp3) is 0.500. The molecule has 0 unspecified atom stereocenters. The van der Waals surface area contributed by atoms with Crippen LogP contribution in [0.5, 0.6) is 0 Å². The van der Waals surface area contributed by atoms with Gasteiger partial charge in [-0.1, -0.05) is 0 Å². The summed E-state index contributed by atoms with van der Waals surface area (Å²) in [6.07, 6.45) is 4.01. The van der Waals surface area contributed by atoms with Crippen LogP contribution in [0.4, 0.5) is 5.82 Å². The molecule has 0 N–H and O–H groups in total. The third-order valence-electron chi connectivity index (χ3n) is 3.03. The molecule has 0 radical (unpaired) electrons. The van der Waals surface area contributed by atoms with Crippen LogP contribution >= 0.6 is 15.9 Å². The highest BCUT2D eigenvalue weighted by Gasteiger charge is 2.23. The molecule has 1 saturated heterocycles. The number of carbonyl (C=O) groups excluding carboxylic acids is 1. The van der Waals surface area contributed by atoms with E-state index < -0.39 is 0 Å². The van der Waals surface area contributed by atoms with Crippen molar-refractivity contribution in [3.8, 4) is 0 Å². The van der Waals surface area contributed by atoms with Gasteiger partial charge in [-0.25, -0.2) is 10.0 Å². The molecular formula is C12H16BrN3O2. The number of hydrogen-bond donors (Lipinski definition) is 0. The summed E-state index contributed by atoms with van der Waals surface area (Å²) in [4.78, 5) is 23.7. The molecule has 0 saturated carbocycles. The molecule has 98 valence electrons. The van der Waals surface area contributed by atoms with Gasteiger partial charge in [-0.15, -0.1) is 0 Å². The summed E-state index contributed by atoms with van der Waals surface area (Å²) >= 11 is 3.35. The van der Waals surface area contributed by atoms with Crippen LogP contribution < -0.4 is 4.90 Å². The number of hydrogen-bond acceptors (Lipinski definition) is 4. The van der Waals surface area contributed by atoms with E-state index in [1.807, 2.05) is 0 Å². The Balaban J connectivity index is 2.37. The number of pyridine rings is 1. The maximum Gasteiger partial charge on any atom is 0.280 e. The fourth-order valence-corrected chi connectivity index (χ4v) is 2.35. The van der Waals surface area contributed by atoms with Crippen LogP contribution in [0.1, 0.15) is 23.2 Å². The lowest BCUT2D eigenvalue weighted by molar-refractivity contribution is -0.0756. The van der Waals surface area contributed by atoms with Crippen LogP contribution in [0.3, 0.4) is 0 Å². The molecule has 0 bridgehead atoms. The first kappa shape index (κ1) is 13.3. The first-order valence-electron chi connectivity index (χ1n) is 5.86. The van der Waals surface area contributed by atoms with Crippen LogP contribution in [0, 0.1) is 0 Å². The maximum absolute atomic E-state index is 12.2. The van der Waals surface area contributed by atoms with Gasteiger partial charge in [0.2, 0.25) is 0 Å². The highest BCUT2D eigenvalue weighted by molar-refractivity contribution is 9.10. The quantitative estimate of drug-likeness (QED) is 0.802. The van der Waals surface area contributed by atoms with Crippen LogP contribution in [0.2, 0.25) is 0 Å². The summed E-state index contributed by atoms with van der Waals surface area (Å²) in [5.74, 6) is 0.554. The van der Waals surface area contributed by atoms with Gasteiger partial charge in [0, 0.05) is 30.8 Å². The van der Waals surface area contributed by atoms with Crippen molar-refractivity contribution in [1.82, 2.24) is 10.0 Å². The summed E-state index contributed by atoms with van der Waals surface area (Å²) in [5.41, 5.74) is 0.565. The highest BCUT2D eigenvalue weighted by atomic mass is 79.9. The number of rotatable bonds is 3. The SMILES string of the molecule is CON(C)C(=O)c1cc(Br)cnc1N1CCCC1. The van der Waals surface area contributed by atoms with Gasteiger partial charge in [0.1, 0.15) is 5.82 Å². The van der Waals surface area contributed by atoms with Crippen LogP contribution in [-0.4, -0.2) is 43.2 Å².